The molecule has 86 valence electrons. The van der Waals surface area contributed by atoms with Crippen molar-refractivity contribution < 1.29 is 9.90 Å². The van der Waals surface area contributed by atoms with Crippen molar-refractivity contribution in [1.82, 2.24) is 9.97 Å². The quantitative estimate of drug-likeness (QED) is 0.801. The van der Waals surface area contributed by atoms with Crippen LogP contribution in [0.25, 0.3) is 0 Å². The summed E-state index contributed by atoms with van der Waals surface area (Å²) in [6.45, 7) is -0.0418. The van der Waals surface area contributed by atoms with E-state index in [9.17, 15) is 4.79 Å². The minimum absolute atomic E-state index is 0.0418. The number of carbonyl (C=O) groups is 1. The van der Waals surface area contributed by atoms with Crippen molar-refractivity contribution >= 4 is 11.8 Å². The summed E-state index contributed by atoms with van der Waals surface area (Å²) < 4.78 is 0. The zero-order chi connectivity index (χ0) is 11.5. The standard InChI is InChI=1S/C11H15N3O2/c1-14(6-11(15)16)10-5-9(12-7-13-10)4-8-2-3-8/h5,7-8H,2-4,6H2,1H3,(H,15,16). The maximum Gasteiger partial charge on any atom is 0.323 e. The van der Waals surface area contributed by atoms with Gasteiger partial charge in [-0.25, -0.2) is 9.97 Å². The average Bonchev–Trinajstić information content (AvgIpc) is 3.01. The van der Waals surface area contributed by atoms with Gasteiger partial charge in [-0.15, -0.1) is 0 Å². The van der Waals surface area contributed by atoms with Crippen LogP contribution in [0.2, 0.25) is 0 Å². The first kappa shape index (κ1) is 10.9. The van der Waals surface area contributed by atoms with Gasteiger partial charge in [0.15, 0.2) is 0 Å². The van der Waals surface area contributed by atoms with Gasteiger partial charge in [-0.05, 0) is 25.2 Å². The zero-order valence-corrected chi connectivity index (χ0v) is 9.26. The van der Waals surface area contributed by atoms with Crippen LogP contribution in [0.15, 0.2) is 12.4 Å². The Labute approximate surface area is 94.1 Å². The summed E-state index contributed by atoms with van der Waals surface area (Å²) in [4.78, 5) is 20.4. The van der Waals surface area contributed by atoms with Crippen LogP contribution in [0.1, 0.15) is 18.5 Å². The molecule has 0 aliphatic heterocycles. The van der Waals surface area contributed by atoms with Crippen molar-refractivity contribution in [2.45, 2.75) is 19.3 Å². The van der Waals surface area contributed by atoms with Gasteiger partial charge in [0.2, 0.25) is 0 Å². The molecule has 1 aliphatic rings. The maximum atomic E-state index is 10.6. The topological polar surface area (TPSA) is 66.3 Å². The molecule has 0 unspecified atom stereocenters. The number of hydrogen-bond acceptors (Lipinski definition) is 4. The Morgan fingerprint density at radius 3 is 2.94 bits per heavy atom. The molecule has 5 nitrogen and oxygen atoms in total. The summed E-state index contributed by atoms with van der Waals surface area (Å²) in [7, 11) is 1.72. The van der Waals surface area contributed by atoms with E-state index in [-0.39, 0.29) is 6.54 Å². The van der Waals surface area contributed by atoms with Gasteiger partial charge < -0.3 is 10.0 Å². The first-order valence-corrected chi connectivity index (χ1v) is 5.39. The van der Waals surface area contributed by atoms with Crippen LogP contribution in [0.4, 0.5) is 5.82 Å². The van der Waals surface area contributed by atoms with Gasteiger partial charge in [-0.1, -0.05) is 0 Å². The summed E-state index contributed by atoms with van der Waals surface area (Å²) in [5.74, 6) is 0.588. The molecule has 1 aromatic rings. The molecule has 1 aromatic heterocycles. The average molecular weight is 221 g/mol. The largest absolute Gasteiger partial charge is 0.480 e. The van der Waals surface area contributed by atoms with Gasteiger partial charge >= 0.3 is 5.97 Å². The number of hydrogen-bond donors (Lipinski definition) is 1. The van der Waals surface area contributed by atoms with E-state index in [2.05, 4.69) is 9.97 Å². The highest BCUT2D eigenvalue weighted by Gasteiger charge is 2.22. The molecule has 1 aliphatic carbocycles. The van der Waals surface area contributed by atoms with Gasteiger partial charge in [-0.2, -0.15) is 0 Å². The third-order valence-electron chi connectivity index (χ3n) is 2.67. The summed E-state index contributed by atoms with van der Waals surface area (Å²) in [5, 5.41) is 8.68. The molecule has 1 saturated carbocycles. The molecule has 0 spiro atoms. The van der Waals surface area contributed by atoms with Crippen LogP contribution in [0, 0.1) is 5.92 Å². The second-order valence-electron chi connectivity index (χ2n) is 4.26. The predicted molar refractivity (Wildman–Crippen MR) is 59.4 cm³/mol. The van der Waals surface area contributed by atoms with Gasteiger partial charge in [-0.3, -0.25) is 4.79 Å². The number of carboxylic acids is 1. The first-order chi connectivity index (χ1) is 7.65. The fourth-order valence-electron chi connectivity index (χ4n) is 1.61. The van der Waals surface area contributed by atoms with Crippen molar-refractivity contribution in [3.63, 3.8) is 0 Å². The van der Waals surface area contributed by atoms with Crippen molar-refractivity contribution in [3.05, 3.63) is 18.1 Å². The fraction of sp³-hybridized carbons (Fsp3) is 0.545. The Bertz CT molecular complexity index is 391. The second kappa shape index (κ2) is 4.47. The van der Waals surface area contributed by atoms with E-state index in [4.69, 9.17) is 5.11 Å². The number of anilines is 1. The normalized spacial score (nSPS) is 14.8. The molecule has 0 saturated heterocycles. The van der Waals surface area contributed by atoms with Gasteiger partial charge in [0, 0.05) is 18.8 Å². The van der Waals surface area contributed by atoms with E-state index in [1.807, 2.05) is 6.07 Å². The number of aliphatic carboxylic acids is 1. The van der Waals surface area contributed by atoms with Crippen molar-refractivity contribution in [3.8, 4) is 0 Å². The summed E-state index contributed by atoms with van der Waals surface area (Å²) in [6, 6.07) is 1.88. The Hall–Kier alpha value is -1.65. The first-order valence-electron chi connectivity index (χ1n) is 5.39. The number of likely N-dealkylation sites (N-methyl/N-ethyl adjacent to an activating group) is 1. The zero-order valence-electron chi connectivity index (χ0n) is 9.26. The van der Waals surface area contributed by atoms with Crippen LogP contribution in [0.5, 0.6) is 0 Å². The summed E-state index contributed by atoms with van der Waals surface area (Å²) in [5.41, 5.74) is 1.00. The lowest BCUT2D eigenvalue weighted by atomic mass is 10.2. The Morgan fingerprint density at radius 1 is 1.56 bits per heavy atom. The highest BCUT2D eigenvalue weighted by molar-refractivity contribution is 5.72. The third kappa shape index (κ3) is 2.92. The van der Waals surface area contributed by atoms with Crippen LogP contribution >= 0.6 is 0 Å². The number of rotatable bonds is 5. The Morgan fingerprint density at radius 2 is 2.31 bits per heavy atom. The van der Waals surface area contributed by atoms with Crippen molar-refractivity contribution in [2.24, 2.45) is 5.92 Å². The molecule has 0 radical (unpaired) electrons. The lowest BCUT2D eigenvalue weighted by Crippen LogP contribution is -2.26. The third-order valence-corrected chi connectivity index (χ3v) is 2.67. The van der Waals surface area contributed by atoms with Crippen molar-refractivity contribution in [2.75, 3.05) is 18.5 Å². The monoisotopic (exact) mass is 221 g/mol. The smallest absolute Gasteiger partial charge is 0.323 e. The van der Waals surface area contributed by atoms with Gasteiger partial charge in [0.1, 0.15) is 18.7 Å². The molecule has 0 amide bonds. The summed E-state index contributed by atoms with van der Waals surface area (Å²) in [6.07, 6.45) is 5.05. The van der Waals surface area contributed by atoms with E-state index in [1.165, 1.54) is 19.2 Å². The van der Waals surface area contributed by atoms with E-state index >= 15 is 0 Å². The molecule has 1 fully saturated rings. The molecule has 1 N–H and O–H groups in total. The minimum Gasteiger partial charge on any atom is -0.480 e. The molecule has 16 heavy (non-hydrogen) atoms. The summed E-state index contributed by atoms with van der Waals surface area (Å²) >= 11 is 0. The van der Waals surface area contributed by atoms with Crippen LogP contribution in [-0.4, -0.2) is 34.6 Å². The molecule has 0 atom stereocenters. The van der Waals surface area contributed by atoms with Gasteiger partial charge in [0.25, 0.3) is 0 Å². The van der Waals surface area contributed by atoms with E-state index in [1.54, 1.807) is 11.9 Å². The number of carboxylic acid groups (broad SMARTS) is 1. The molecule has 0 bridgehead atoms. The lowest BCUT2D eigenvalue weighted by molar-refractivity contribution is -0.135. The lowest BCUT2D eigenvalue weighted by Gasteiger charge is -2.15. The van der Waals surface area contributed by atoms with E-state index in [0.29, 0.717) is 5.82 Å². The molecule has 1 heterocycles. The highest BCUT2D eigenvalue weighted by atomic mass is 16.4. The molecule has 5 heteroatoms. The highest BCUT2D eigenvalue weighted by Crippen LogP contribution is 2.32. The molecular weight excluding hydrogens is 206 g/mol. The van der Waals surface area contributed by atoms with Crippen LogP contribution in [-0.2, 0) is 11.2 Å². The second-order valence-corrected chi connectivity index (χ2v) is 4.26. The fourth-order valence-corrected chi connectivity index (χ4v) is 1.61. The Balaban J connectivity index is 2.04. The van der Waals surface area contributed by atoms with Gasteiger partial charge in [0.05, 0.1) is 0 Å². The van der Waals surface area contributed by atoms with E-state index in [0.717, 1.165) is 18.0 Å². The van der Waals surface area contributed by atoms with Crippen molar-refractivity contribution in [1.29, 1.82) is 0 Å². The van der Waals surface area contributed by atoms with E-state index < -0.39 is 5.97 Å². The molecule has 2 rings (SSSR count). The predicted octanol–water partition coefficient (Wildman–Crippen LogP) is 0.950. The molecule has 0 aromatic carbocycles. The SMILES string of the molecule is CN(CC(=O)O)c1cc(CC2CC2)ncn1. The van der Waals surface area contributed by atoms with Crippen LogP contribution in [0.3, 0.4) is 0 Å². The number of aromatic nitrogens is 2. The molecular formula is C11H15N3O2. The van der Waals surface area contributed by atoms with Crippen LogP contribution < -0.4 is 4.90 Å². The minimum atomic E-state index is -0.857. The maximum absolute atomic E-state index is 10.6. The Kier molecular flexibility index (Phi) is 3.03. The number of nitrogens with zero attached hydrogens (tertiary/aromatic N) is 3.